The fourth-order valence-electron chi connectivity index (χ4n) is 3.10. The number of hydrogen-bond acceptors (Lipinski definition) is 4. The summed E-state index contributed by atoms with van der Waals surface area (Å²) in [5.74, 6) is 0.346. The van der Waals surface area contributed by atoms with Crippen LogP contribution in [0.25, 0.3) is 21.8 Å². The molecule has 4 aromatic rings. The molecule has 4 rings (SSSR count). The van der Waals surface area contributed by atoms with Gasteiger partial charge in [-0.2, -0.15) is 0 Å². The Bertz CT molecular complexity index is 1150. The lowest BCUT2D eigenvalue weighted by atomic mass is 10.1. The molecule has 0 aliphatic rings. The molecule has 1 N–H and O–H groups in total. The maximum absolute atomic E-state index is 12.5. The fraction of sp³-hybridized carbons (Fsp3) is 0.0833. The van der Waals surface area contributed by atoms with Crippen molar-refractivity contribution in [3.05, 3.63) is 89.3 Å². The number of anilines is 1. The van der Waals surface area contributed by atoms with Gasteiger partial charge in [-0.3, -0.25) is 4.79 Å². The van der Waals surface area contributed by atoms with E-state index in [1.54, 1.807) is 30.6 Å². The molecule has 5 heteroatoms. The summed E-state index contributed by atoms with van der Waals surface area (Å²) in [6, 6.07) is 23.1. The Balaban J connectivity index is 1.51. The van der Waals surface area contributed by atoms with Crippen LogP contribution in [0.3, 0.4) is 0 Å². The lowest BCUT2D eigenvalue weighted by molar-refractivity contribution is 0.102. The van der Waals surface area contributed by atoms with Gasteiger partial charge >= 0.3 is 0 Å². The molecule has 0 atom stereocenters. The molecular formula is C24H20N2O2S. The number of hydrogen-bond donors (Lipinski definition) is 1. The minimum absolute atomic E-state index is 0.203. The Kier molecular flexibility index (Phi) is 5.40. The van der Waals surface area contributed by atoms with Crippen LogP contribution >= 0.6 is 11.3 Å². The standard InChI is InChI=1S/C24H20N2O2S/c1-16-7-3-4-8-19(16)24-26-21(15-29-24)17-11-13-18(14-12-17)25-23(27)20-9-5-6-10-22(20)28-2/h3-15H,1-2H3,(H,25,27). The molecular weight excluding hydrogens is 380 g/mol. The number of methoxy groups -OCH3 is 1. The molecule has 144 valence electrons. The van der Waals surface area contributed by atoms with E-state index in [4.69, 9.17) is 9.72 Å². The molecule has 0 radical (unpaired) electrons. The number of nitrogens with zero attached hydrogens (tertiary/aromatic N) is 1. The minimum Gasteiger partial charge on any atom is -0.496 e. The maximum Gasteiger partial charge on any atom is 0.259 e. The van der Waals surface area contributed by atoms with Gasteiger partial charge in [0, 0.05) is 22.2 Å². The Morgan fingerprint density at radius 3 is 2.45 bits per heavy atom. The molecule has 1 amide bonds. The molecule has 4 nitrogen and oxygen atoms in total. The summed E-state index contributed by atoms with van der Waals surface area (Å²) in [6.07, 6.45) is 0. The van der Waals surface area contributed by atoms with E-state index in [1.165, 1.54) is 5.56 Å². The van der Waals surface area contributed by atoms with Crippen LogP contribution in [0.2, 0.25) is 0 Å². The van der Waals surface area contributed by atoms with Crippen LogP contribution in [0.1, 0.15) is 15.9 Å². The third-order valence-electron chi connectivity index (χ3n) is 4.67. The highest BCUT2D eigenvalue weighted by molar-refractivity contribution is 7.13. The average molecular weight is 401 g/mol. The third-order valence-corrected chi connectivity index (χ3v) is 5.55. The van der Waals surface area contributed by atoms with Crippen LogP contribution in [0.4, 0.5) is 5.69 Å². The predicted octanol–water partition coefficient (Wildman–Crippen LogP) is 6.05. The molecule has 0 bridgehead atoms. The van der Waals surface area contributed by atoms with Crippen molar-refractivity contribution in [1.29, 1.82) is 0 Å². The number of nitrogens with one attached hydrogen (secondary N) is 1. The van der Waals surface area contributed by atoms with Crippen molar-refractivity contribution in [3.8, 4) is 27.6 Å². The Morgan fingerprint density at radius 2 is 1.69 bits per heavy atom. The van der Waals surface area contributed by atoms with Gasteiger partial charge in [0.25, 0.3) is 5.91 Å². The van der Waals surface area contributed by atoms with Gasteiger partial charge in [-0.1, -0.05) is 48.5 Å². The van der Waals surface area contributed by atoms with E-state index in [9.17, 15) is 4.79 Å². The highest BCUT2D eigenvalue weighted by Gasteiger charge is 2.12. The summed E-state index contributed by atoms with van der Waals surface area (Å²) >= 11 is 1.63. The summed E-state index contributed by atoms with van der Waals surface area (Å²) < 4.78 is 5.26. The molecule has 0 fully saturated rings. The number of carbonyl (C=O) groups excluding carboxylic acids is 1. The Hall–Kier alpha value is -3.44. The minimum atomic E-state index is -0.203. The topological polar surface area (TPSA) is 51.2 Å². The highest BCUT2D eigenvalue weighted by Crippen LogP contribution is 2.31. The van der Waals surface area contributed by atoms with Gasteiger partial charge in [-0.05, 0) is 36.8 Å². The largest absolute Gasteiger partial charge is 0.496 e. The molecule has 0 aliphatic heterocycles. The van der Waals surface area contributed by atoms with Crippen LogP contribution in [0.5, 0.6) is 5.75 Å². The smallest absolute Gasteiger partial charge is 0.259 e. The Labute approximate surface area is 173 Å². The molecule has 0 spiro atoms. The number of aryl methyl sites for hydroxylation is 1. The van der Waals surface area contributed by atoms with Gasteiger partial charge in [-0.25, -0.2) is 4.98 Å². The molecule has 1 heterocycles. The average Bonchev–Trinajstić information content (AvgIpc) is 3.24. The van der Waals surface area contributed by atoms with E-state index in [1.807, 2.05) is 48.5 Å². The first-order chi connectivity index (χ1) is 14.2. The van der Waals surface area contributed by atoms with E-state index in [2.05, 4.69) is 29.8 Å². The Morgan fingerprint density at radius 1 is 0.966 bits per heavy atom. The van der Waals surface area contributed by atoms with Crippen molar-refractivity contribution in [3.63, 3.8) is 0 Å². The van der Waals surface area contributed by atoms with E-state index in [0.29, 0.717) is 11.3 Å². The molecule has 0 unspecified atom stereocenters. The third kappa shape index (κ3) is 4.05. The summed E-state index contributed by atoms with van der Waals surface area (Å²) in [4.78, 5) is 17.3. The SMILES string of the molecule is COc1ccccc1C(=O)Nc1ccc(-c2csc(-c3ccccc3C)n2)cc1. The van der Waals surface area contributed by atoms with Crippen molar-refractivity contribution < 1.29 is 9.53 Å². The number of amides is 1. The van der Waals surface area contributed by atoms with Crippen molar-refractivity contribution in [2.24, 2.45) is 0 Å². The van der Waals surface area contributed by atoms with E-state index >= 15 is 0 Å². The zero-order valence-electron chi connectivity index (χ0n) is 16.2. The lowest BCUT2D eigenvalue weighted by Gasteiger charge is -2.09. The maximum atomic E-state index is 12.5. The quantitative estimate of drug-likeness (QED) is 0.444. The lowest BCUT2D eigenvalue weighted by Crippen LogP contribution is -2.12. The second-order valence-corrected chi connectivity index (χ2v) is 7.44. The van der Waals surface area contributed by atoms with Crippen LogP contribution in [0.15, 0.2) is 78.2 Å². The van der Waals surface area contributed by atoms with E-state index in [0.717, 1.165) is 27.5 Å². The number of rotatable bonds is 5. The molecule has 29 heavy (non-hydrogen) atoms. The first-order valence-corrected chi connectivity index (χ1v) is 10.1. The molecule has 1 aromatic heterocycles. The van der Waals surface area contributed by atoms with Crippen LogP contribution in [0, 0.1) is 6.92 Å². The number of carbonyl (C=O) groups is 1. The van der Waals surface area contributed by atoms with Gasteiger partial charge in [0.05, 0.1) is 18.4 Å². The summed E-state index contributed by atoms with van der Waals surface area (Å²) in [6.45, 7) is 2.09. The summed E-state index contributed by atoms with van der Waals surface area (Å²) in [5, 5.41) is 5.98. The number of benzene rings is 3. The highest BCUT2D eigenvalue weighted by atomic mass is 32.1. The predicted molar refractivity (Wildman–Crippen MR) is 119 cm³/mol. The second-order valence-electron chi connectivity index (χ2n) is 6.58. The van der Waals surface area contributed by atoms with Crippen molar-refractivity contribution in [1.82, 2.24) is 4.98 Å². The first kappa shape index (κ1) is 18.9. The van der Waals surface area contributed by atoms with Crippen LogP contribution in [-0.4, -0.2) is 18.0 Å². The molecule has 3 aromatic carbocycles. The number of aromatic nitrogens is 1. The van der Waals surface area contributed by atoms with Gasteiger partial charge in [-0.15, -0.1) is 11.3 Å². The number of para-hydroxylation sites is 1. The zero-order valence-corrected chi connectivity index (χ0v) is 17.0. The monoisotopic (exact) mass is 400 g/mol. The van der Waals surface area contributed by atoms with Crippen molar-refractivity contribution >= 4 is 22.9 Å². The van der Waals surface area contributed by atoms with Crippen LogP contribution < -0.4 is 10.1 Å². The van der Waals surface area contributed by atoms with E-state index in [-0.39, 0.29) is 5.91 Å². The summed E-state index contributed by atoms with van der Waals surface area (Å²) in [7, 11) is 1.56. The van der Waals surface area contributed by atoms with Crippen LogP contribution in [-0.2, 0) is 0 Å². The fourth-order valence-corrected chi connectivity index (χ4v) is 4.02. The van der Waals surface area contributed by atoms with E-state index < -0.39 is 0 Å². The van der Waals surface area contributed by atoms with Gasteiger partial charge < -0.3 is 10.1 Å². The normalized spacial score (nSPS) is 10.6. The van der Waals surface area contributed by atoms with Gasteiger partial charge in [0.15, 0.2) is 0 Å². The first-order valence-electron chi connectivity index (χ1n) is 9.22. The van der Waals surface area contributed by atoms with Crippen molar-refractivity contribution in [2.75, 3.05) is 12.4 Å². The molecule has 0 aliphatic carbocycles. The van der Waals surface area contributed by atoms with Gasteiger partial charge in [0.1, 0.15) is 10.8 Å². The summed E-state index contributed by atoms with van der Waals surface area (Å²) in [5.41, 5.74) is 5.53. The zero-order chi connectivity index (χ0) is 20.2. The molecule has 0 saturated carbocycles. The number of thiazole rings is 1. The molecule has 0 saturated heterocycles. The van der Waals surface area contributed by atoms with Crippen molar-refractivity contribution in [2.45, 2.75) is 6.92 Å². The van der Waals surface area contributed by atoms with Gasteiger partial charge in [0.2, 0.25) is 0 Å². The number of ether oxygens (including phenoxy) is 1. The second kappa shape index (κ2) is 8.29.